The van der Waals surface area contributed by atoms with Crippen molar-refractivity contribution in [3.8, 4) is 0 Å². The molecule has 4 rings (SSSR count). The van der Waals surface area contributed by atoms with Crippen molar-refractivity contribution in [2.45, 2.75) is 65.0 Å². The van der Waals surface area contributed by atoms with Gasteiger partial charge in [0.05, 0.1) is 23.5 Å². The Morgan fingerprint density at radius 3 is 2.52 bits per heavy atom. The van der Waals surface area contributed by atoms with Crippen LogP contribution < -0.4 is 10.6 Å². The third-order valence-corrected chi connectivity index (χ3v) is 6.68. The summed E-state index contributed by atoms with van der Waals surface area (Å²) in [5.74, 6) is 2.16. The summed E-state index contributed by atoms with van der Waals surface area (Å²) in [5.41, 5.74) is 3.53. The fourth-order valence-corrected chi connectivity index (χ4v) is 5.78. The molecule has 0 saturated heterocycles. The van der Waals surface area contributed by atoms with E-state index in [4.69, 9.17) is 4.74 Å². The van der Waals surface area contributed by atoms with Crippen LogP contribution in [0.2, 0.25) is 0 Å². The van der Waals surface area contributed by atoms with Crippen LogP contribution >= 0.6 is 0 Å². The van der Waals surface area contributed by atoms with E-state index in [0.717, 1.165) is 34.7 Å². The lowest BCUT2D eigenvalue weighted by molar-refractivity contribution is 0.0526. The number of ether oxygens (including phenoxy) is 1. The zero-order valence-electron chi connectivity index (χ0n) is 18.9. The van der Waals surface area contributed by atoms with Crippen molar-refractivity contribution in [1.29, 1.82) is 0 Å². The number of hydrogen-bond donors (Lipinski definition) is 2. The molecule has 1 heterocycles. The quantitative estimate of drug-likeness (QED) is 0.591. The van der Waals surface area contributed by atoms with Gasteiger partial charge in [0.15, 0.2) is 0 Å². The van der Waals surface area contributed by atoms with Gasteiger partial charge in [-0.1, -0.05) is 6.92 Å². The number of esters is 1. The number of carbonyl (C=O) groups is 1. The Morgan fingerprint density at radius 2 is 1.84 bits per heavy atom. The molecule has 2 saturated carbocycles. The highest BCUT2D eigenvalue weighted by molar-refractivity contribution is 5.92. The molecule has 1 aromatic carbocycles. The largest absolute Gasteiger partial charge is 0.462 e. The molecule has 2 aliphatic rings. The van der Waals surface area contributed by atoms with Crippen molar-refractivity contribution in [2.24, 2.45) is 17.8 Å². The van der Waals surface area contributed by atoms with Gasteiger partial charge in [0, 0.05) is 30.0 Å². The van der Waals surface area contributed by atoms with E-state index in [1.807, 2.05) is 25.1 Å². The minimum Gasteiger partial charge on any atom is -0.462 e. The number of nitrogens with one attached hydrogen (secondary N) is 2. The number of rotatable bonds is 7. The van der Waals surface area contributed by atoms with Gasteiger partial charge in [0.1, 0.15) is 6.33 Å². The standard InChI is InChI=1S/C25H34N4O2/c1-4-31-24(30)21-5-6-22(23(10-21)28-15-20-13-26-16-27-14-20)29-25(3)11-18-7-17(2)8-19(9-18)12-25/h5-6,10,13-14,16-19,28-29H,4,7-9,11-12,15H2,1-3H3. The lowest BCUT2D eigenvalue weighted by Crippen LogP contribution is -2.45. The summed E-state index contributed by atoms with van der Waals surface area (Å²) < 4.78 is 5.21. The first-order valence-electron chi connectivity index (χ1n) is 11.5. The normalized spacial score (nSPS) is 27.4. The first-order valence-corrected chi connectivity index (χ1v) is 11.5. The van der Waals surface area contributed by atoms with Crippen LogP contribution in [-0.4, -0.2) is 28.1 Å². The molecule has 6 nitrogen and oxygen atoms in total. The van der Waals surface area contributed by atoms with Crippen LogP contribution in [0.25, 0.3) is 0 Å². The van der Waals surface area contributed by atoms with Gasteiger partial charge in [-0.25, -0.2) is 14.8 Å². The predicted octanol–water partition coefficient (Wildman–Crippen LogP) is 5.28. The lowest BCUT2D eigenvalue weighted by Gasteiger charge is -2.48. The molecule has 0 radical (unpaired) electrons. The molecular weight excluding hydrogens is 388 g/mol. The van der Waals surface area contributed by atoms with E-state index >= 15 is 0 Å². The fourth-order valence-electron chi connectivity index (χ4n) is 5.78. The SMILES string of the molecule is CCOC(=O)c1ccc(NC2(C)CC3CC(C)CC(C3)C2)c(NCc2cncnc2)c1. The first-order chi connectivity index (χ1) is 14.9. The summed E-state index contributed by atoms with van der Waals surface area (Å²) in [6.07, 6.45) is 11.6. The number of benzene rings is 1. The minimum absolute atomic E-state index is 0.0610. The van der Waals surface area contributed by atoms with Crippen LogP contribution in [0.4, 0.5) is 11.4 Å². The lowest BCUT2D eigenvalue weighted by atomic mass is 9.62. The summed E-state index contributed by atoms with van der Waals surface area (Å²) >= 11 is 0. The molecule has 166 valence electrons. The molecule has 2 atom stereocenters. The van der Waals surface area contributed by atoms with Crippen molar-refractivity contribution in [3.05, 3.63) is 48.0 Å². The van der Waals surface area contributed by atoms with Crippen molar-refractivity contribution in [2.75, 3.05) is 17.2 Å². The second-order valence-electron chi connectivity index (χ2n) is 9.72. The number of hydrogen-bond acceptors (Lipinski definition) is 6. The summed E-state index contributed by atoms with van der Waals surface area (Å²) in [6.45, 7) is 7.53. The average Bonchev–Trinajstić information content (AvgIpc) is 2.72. The molecule has 6 heteroatoms. The van der Waals surface area contributed by atoms with Crippen molar-refractivity contribution >= 4 is 17.3 Å². The Hall–Kier alpha value is -2.63. The summed E-state index contributed by atoms with van der Waals surface area (Å²) in [5, 5.41) is 7.34. The molecule has 31 heavy (non-hydrogen) atoms. The highest BCUT2D eigenvalue weighted by atomic mass is 16.5. The highest BCUT2D eigenvalue weighted by Gasteiger charge is 2.41. The summed E-state index contributed by atoms with van der Waals surface area (Å²) in [7, 11) is 0. The second kappa shape index (κ2) is 9.25. The van der Waals surface area contributed by atoms with E-state index in [0.29, 0.717) is 18.7 Å². The third-order valence-electron chi connectivity index (χ3n) is 6.68. The monoisotopic (exact) mass is 422 g/mol. The van der Waals surface area contributed by atoms with Gasteiger partial charge in [-0.05, 0) is 81.9 Å². The van der Waals surface area contributed by atoms with E-state index in [-0.39, 0.29) is 11.5 Å². The van der Waals surface area contributed by atoms with Gasteiger partial charge in [-0.2, -0.15) is 0 Å². The van der Waals surface area contributed by atoms with E-state index < -0.39 is 0 Å². The highest BCUT2D eigenvalue weighted by Crippen LogP contribution is 2.47. The Balaban J connectivity index is 1.56. The molecule has 0 spiro atoms. The zero-order valence-corrected chi connectivity index (χ0v) is 18.9. The van der Waals surface area contributed by atoms with Crippen LogP contribution in [0.1, 0.15) is 68.8 Å². The summed E-state index contributed by atoms with van der Waals surface area (Å²) in [6, 6.07) is 5.75. The molecule has 2 fully saturated rings. The van der Waals surface area contributed by atoms with Crippen LogP contribution in [0.15, 0.2) is 36.9 Å². The van der Waals surface area contributed by atoms with Gasteiger partial charge in [-0.15, -0.1) is 0 Å². The molecular formula is C25H34N4O2. The van der Waals surface area contributed by atoms with Gasteiger partial charge in [-0.3, -0.25) is 0 Å². The Kier molecular flexibility index (Phi) is 6.44. The topological polar surface area (TPSA) is 76.1 Å². The molecule has 0 amide bonds. The van der Waals surface area contributed by atoms with Gasteiger partial charge < -0.3 is 15.4 Å². The number of nitrogens with zero attached hydrogens (tertiary/aromatic N) is 2. The van der Waals surface area contributed by atoms with Crippen LogP contribution in [0, 0.1) is 17.8 Å². The van der Waals surface area contributed by atoms with Crippen LogP contribution in [-0.2, 0) is 11.3 Å². The number of carbonyl (C=O) groups excluding carboxylic acids is 1. The van der Waals surface area contributed by atoms with E-state index in [1.54, 1.807) is 12.4 Å². The minimum atomic E-state index is -0.299. The maximum absolute atomic E-state index is 12.3. The Bertz CT molecular complexity index is 884. The molecule has 2 bridgehead atoms. The van der Waals surface area contributed by atoms with Crippen molar-refractivity contribution in [3.63, 3.8) is 0 Å². The molecule has 1 aromatic heterocycles. The van der Waals surface area contributed by atoms with E-state index in [2.05, 4.69) is 34.4 Å². The molecule has 2 N–H and O–H groups in total. The number of anilines is 2. The zero-order chi connectivity index (χ0) is 21.8. The van der Waals surface area contributed by atoms with E-state index in [1.165, 1.54) is 38.4 Å². The summed E-state index contributed by atoms with van der Waals surface area (Å²) in [4.78, 5) is 20.5. The fraction of sp³-hybridized carbons (Fsp3) is 0.560. The maximum Gasteiger partial charge on any atom is 0.338 e. The van der Waals surface area contributed by atoms with E-state index in [9.17, 15) is 4.79 Å². The van der Waals surface area contributed by atoms with Gasteiger partial charge >= 0.3 is 5.97 Å². The van der Waals surface area contributed by atoms with Crippen molar-refractivity contribution < 1.29 is 9.53 Å². The predicted molar refractivity (Wildman–Crippen MR) is 123 cm³/mol. The Labute approximate surface area is 185 Å². The average molecular weight is 423 g/mol. The number of aromatic nitrogens is 2. The molecule has 2 unspecified atom stereocenters. The Morgan fingerprint density at radius 1 is 1.13 bits per heavy atom. The molecule has 2 aromatic rings. The number of fused-ring (bicyclic) bond motifs is 2. The third kappa shape index (κ3) is 5.35. The first kappa shape index (κ1) is 21.6. The smallest absolute Gasteiger partial charge is 0.338 e. The van der Waals surface area contributed by atoms with Crippen molar-refractivity contribution in [1.82, 2.24) is 9.97 Å². The maximum atomic E-state index is 12.3. The second-order valence-corrected chi connectivity index (χ2v) is 9.72. The molecule has 0 aliphatic heterocycles. The van der Waals surface area contributed by atoms with Crippen LogP contribution in [0.5, 0.6) is 0 Å². The van der Waals surface area contributed by atoms with Crippen LogP contribution in [0.3, 0.4) is 0 Å². The van der Waals surface area contributed by atoms with Gasteiger partial charge in [0.25, 0.3) is 0 Å². The molecule has 2 aliphatic carbocycles. The van der Waals surface area contributed by atoms with Gasteiger partial charge in [0.2, 0.25) is 0 Å².